The van der Waals surface area contributed by atoms with Crippen molar-refractivity contribution in [1.82, 2.24) is 26.1 Å². The molecule has 6 atom stereocenters. The van der Waals surface area contributed by atoms with Crippen LogP contribution in [-0.2, 0) is 36.7 Å². The van der Waals surface area contributed by atoms with E-state index in [2.05, 4.69) is 21.0 Å². The molecule has 2 aliphatic heterocycles. The molecule has 15 heteroatoms. The summed E-state index contributed by atoms with van der Waals surface area (Å²) in [5, 5.41) is 21.8. The highest BCUT2D eigenvalue weighted by Crippen LogP contribution is 2.33. The molecule has 0 spiro atoms. The standard InChI is InChI=1S/C37H49N5O9S/c1-22-21-52-33(38-22)25-11-7-24(8-12-25)18-42(41-32(44)31(37(2,3)4)40-35(45)48-6)19-29(43)28(17-23-9-13-26(47-5)14-10-23)39-36(46)51-30-20-50-34-27(30)15-16-49-34/h7-14,21,27-31,34,43H,15-20H2,1-6H3,(H,39,46)(H,40,45)(H,41,44). The Balaban J connectivity index is 1.37. The van der Waals surface area contributed by atoms with Crippen molar-refractivity contribution in [3.63, 3.8) is 0 Å². The number of alkyl carbamates (subject to hydrolysis) is 2. The Morgan fingerprint density at radius 3 is 2.37 bits per heavy atom. The van der Waals surface area contributed by atoms with Gasteiger partial charge >= 0.3 is 12.2 Å². The number of rotatable bonds is 14. The number of hydrogen-bond donors (Lipinski definition) is 4. The van der Waals surface area contributed by atoms with Gasteiger partial charge in [-0.05, 0) is 48.4 Å². The minimum atomic E-state index is -1.20. The highest BCUT2D eigenvalue weighted by atomic mass is 32.1. The molecule has 14 nitrogen and oxygen atoms in total. The molecule has 4 N–H and O–H groups in total. The molecular weight excluding hydrogens is 691 g/mol. The Morgan fingerprint density at radius 2 is 1.73 bits per heavy atom. The molecule has 282 valence electrons. The summed E-state index contributed by atoms with van der Waals surface area (Å²) in [6, 6.07) is 13.3. The van der Waals surface area contributed by atoms with Gasteiger partial charge in [-0.1, -0.05) is 57.2 Å². The molecule has 2 aliphatic rings. The van der Waals surface area contributed by atoms with E-state index < -0.39 is 47.8 Å². The van der Waals surface area contributed by atoms with E-state index in [1.807, 2.05) is 69.5 Å². The van der Waals surface area contributed by atoms with Crippen molar-refractivity contribution in [1.29, 1.82) is 0 Å². The molecule has 0 saturated carbocycles. The quantitative estimate of drug-likeness (QED) is 0.175. The first-order valence-corrected chi connectivity index (χ1v) is 18.1. The van der Waals surface area contributed by atoms with E-state index in [-0.39, 0.29) is 38.3 Å². The number of hydrazine groups is 1. The highest BCUT2D eigenvalue weighted by Gasteiger charge is 2.44. The van der Waals surface area contributed by atoms with Crippen LogP contribution in [0.5, 0.6) is 5.75 Å². The SMILES string of the molecule is COC(=O)NC(C(=O)NN(Cc1ccc(-c2nc(C)cs2)cc1)CC(O)C(Cc1ccc(OC)cc1)NC(=O)OC1COC2OCCC12)C(C)(C)C. The van der Waals surface area contributed by atoms with Gasteiger partial charge in [0.1, 0.15) is 22.9 Å². The fraction of sp³-hybridized carbons (Fsp3) is 0.514. The molecule has 0 bridgehead atoms. The van der Waals surface area contributed by atoms with Gasteiger partial charge in [-0.15, -0.1) is 11.3 Å². The zero-order valence-corrected chi connectivity index (χ0v) is 31.2. The summed E-state index contributed by atoms with van der Waals surface area (Å²) in [4.78, 5) is 43.9. The number of aliphatic hydroxyl groups excluding tert-OH is 1. The van der Waals surface area contributed by atoms with Crippen molar-refractivity contribution in [2.24, 2.45) is 11.3 Å². The van der Waals surface area contributed by atoms with Crippen LogP contribution < -0.4 is 20.8 Å². The minimum Gasteiger partial charge on any atom is -0.497 e. The number of fused-ring (bicyclic) bond motifs is 1. The number of aliphatic hydroxyl groups is 1. The number of aryl methyl sites for hydroxylation is 1. The van der Waals surface area contributed by atoms with Gasteiger partial charge in [0.05, 0.1) is 45.5 Å². The molecule has 5 rings (SSSR count). The number of thiazole rings is 1. The van der Waals surface area contributed by atoms with Crippen molar-refractivity contribution in [2.75, 3.05) is 34.0 Å². The molecule has 3 amide bonds. The maximum absolute atomic E-state index is 13.8. The normalized spacial score (nSPS) is 20.0. The predicted molar refractivity (Wildman–Crippen MR) is 193 cm³/mol. The largest absolute Gasteiger partial charge is 0.497 e. The lowest BCUT2D eigenvalue weighted by molar-refractivity contribution is -0.131. The summed E-state index contributed by atoms with van der Waals surface area (Å²) in [7, 11) is 2.81. The molecule has 52 heavy (non-hydrogen) atoms. The molecule has 2 fully saturated rings. The first kappa shape index (κ1) is 38.9. The van der Waals surface area contributed by atoms with Gasteiger partial charge in [0.25, 0.3) is 5.91 Å². The second kappa shape index (κ2) is 17.5. The molecule has 0 aliphatic carbocycles. The summed E-state index contributed by atoms with van der Waals surface area (Å²) in [5.74, 6) is 0.108. The molecule has 0 radical (unpaired) electrons. The van der Waals surface area contributed by atoms with Crippen LogP contribution in [-0.4, -0.2) is 97.8 Å². The molecule has 2 aromatic carbocycles. The number of aromatic nitrogens is 1. The molecule has 6 unspecified atom stereocenters. The monoisotopic (exact) mass is 739 g/mol. The van der Waals surface area contributed by atoms with Crippen molar-refractivity contribution in [3.05, 3.63) is 70.7 Å². The van der Waals surface area contributed by atoms with E-state index in [9.17, 15) is 19.5 Å². The van der Waals surface area contributed by atoms with E-state index in [0.717, 1.165) is 33.8 Å². The zero-order chi connectivity index (χ0) is 37.4. The number of hydrogen-bond acceptors (Lipinski definition) is 12. The summed E-state index contributed by atoms with van der Waals surface area (Å²) < 4.78 is 27.1. The molecular formula is C37H49N5O9S. The van der Waals surface area contributed by atoms with Crippen molar-refractivity contribution in [2.45, 2.75) is 77.7 Å². The Morgan fingerprint density at radius 1 is 1.02 bits per heavy atom. The number of ether oxygens (including phenoxy) is 5. The first-order chi connectivity index (χ1) is 24.8. The third kappa shape index (κ3) is 10.4. The Hall–Kier alpha value is -4.28. The second-order valence-electron chi connectivity index (χ2n) is 14.1. The number of nitrogens with zero attached hydrogens (tertiary/aromatic N) is 2. The van der Waals surface area contributed by atoms with Gasteiger partial charge in [-0.25, -0.2) is 19.6 Å². The van der Waals surface area contributed by atoms with E-state index >= 15 is 0 Å². The van der Waals surface area contributed by atoms with Gasteiger partial charge < -0.3 is 39.4 Å². The Bertz CT molecular complexity index is 1650. The fourth-order valence-electron chi connectivity index (χ4n) is 6.20. The average molecular weight is 740 g/mol. The second-order valence-corrected chi connectivity index (χ2v) is 15.0. The van der Waals surface area contributed by atoms with Gasteiger partial charge in [-0.2, -0.15) is 0 Å². The first-order valence-electron chi connectivity index (χ1n) is 17.3. The highest BCUT2D eigenvalue weighted by molar-refractivity contribution is 7.13. The maximum atomic E-state index is 13.8. The summed E-state index contributed by atoms with van der Waals surface area (Å²) >= 11 is 1.55. The minimum absolute atomic E-state index is 0.0539. The van der Waals surface area contributed by atoms with Crippen molar-refractivity contribution >= 4 is 29.4 Å². The molecule has 2 saturated heterocycles. The van der Waals surface area contributed by atoms with E-state index in [0.29, 0.717) is 12.4 Å². The molecule has 1 aromatic heterocycles. The molecule has 3 aromatic rings. The lowest BCUT2D eigenvalue weighted by atomic mass is 9.86. The average Bonchev–Trinajstić information content (AvgIpc) is 3.86. The van der Waals surface area contributed by atoms with Crippen LogP contribution in [0.3, 0.4) is 0 Å². The Labute approximate surface area is 308 Å². The maximum Gasteiger partial charge on any atom is 0.407 e. The van der Waals surface area contributed by atoms with Gasteiger partial charge in [0.15, 0.2) is 6.29 Å². The van der Waals surface area contributed by atoms with Crippen LogP contribution in [0.2, 0.25) is 0 Å². The van der Waals surface area contributed by atoms with Gasteiger partial charge in [0, 0.05) is 29.7 Å². The van der Waals surface area contributed by atoms with Crippen LogP contribution in [0.1, 0.15) is 44.0 Å². The number of amides is 3. The van der Waals surface area contributed by atoms with Crippen LogP contribution in [0, 0.1) is 18.3 Å². The summed E-state index contributed by atoms with van der Waals surface area (Å²) in [6.07, 6.45) is -2.54. The zero-order valence-electron chi connectivity index (χ0n) is 30.4. The number of benzene rings is 2. The van der Waals surface area contributed by atoms with E-state index in [1.54, 1.807) is 35.6 Å². The number of carbonyl (C=O) groups excluding carboxylic acids is 3. The predicted octanol–water partition coefficient (Wildman–Crippen LogP) is 4.19. The van der Waals surface area contributed by atoms with E-state index in [4.69, 9.17) is 23.7 Å². The lowest BCUT2D eigenvalue weighted by Gasteiger charge is -2.34. The molecule has 3 heterocycles. The Kier molecular flexibility index (Phi) is 13.1. The number of methoxy groups -OCH3 is 2. The van der Waals surface area contributed by atoms with Crippen molar-refractivity contribution < 1.29 is 43.2 Å². The summed E-state index contributed by atoms with van der Waals surface area (Å²) in [6.45, 7) is 8.26. The van der Waals surface area contributed by atoms with Crippen LogP contribution in [0.4, 0.5) is 9.59 Å². The smallest absolute Gasteiger partial charge is 0.407 e. The van der Waals surface area contributed by atoms with Gasteiger partial charge in [-0.3, -0.25) is 10.2 Å². The fourth-order valence-corrected chi connectivity index (χ4v) is 7.01. The van der Waals surface area contributed by atoms with Crippen LogP contribution in [0.15, 0.2) is 53.9 Å². The van der Waals surface area contributed by atoms with Crippen LogP contribution in [0.25, 0.3) is 10.6 Å². The summed E-state index contributed by atoms with van der Waals surface area (Å²) in [5.41, 5.74) is 5.79. The van der Waals surface area contributed by atoms with Crippen LogP contribution >= 0.6 is 11.3 Å². The number of nitrogens with one attached hydrogen (secondary N) is 3. The number of carbonyl (C=O) groups is 3. The van der Waals surface area contributed by atoms with E-state index in [1.165, 1.54) is 7.11 Å². The topological polar surface area (TPSA) is 170 Å². The third-order valence-electron chi connectivity index (χ3n) is 9.07. The lowest BCUT2D eigenvalue weighted by Crippen LogP contribution is -2.59. The van der Waals surface area contributed by atoms with Gasteiger partial charge in [0.2, 0.25) is 0 Å². The third-order valence-corrected chi connectivity index (χ3v) is 10.1. The van der Waals surface area contributed by atoms with Crippen molar-refractivity contribution in [3.8, 4) is 16.3 Å².